The van der Waals surface area contributed by atoms with E-state index >= 15 is 0 Å². The average Bonchev–Trinajstić information content (AvgIpc) is 3.71. The molecule has 0 radical (unpaired) electrons. The molecule has 0 saturated carbocycles. The molecule has 2 saturated heterocycles. The van der Waals surface area contributed by atoms with Crippen LogP contribution in [-0.2, 0) is 25.6 Å². The van der Waals surface area contributed by atoms with Crippen molar-refractivity contribution < 1.29 is 52.5 Å². The summed E-state index contributed by atoms with van der Waals surface area (Å²) < 4.78 is 51.9. The fraction of sp³-hybridized carbons (Fsp3) is 0.414. The Hall–Kier alpha value is -3.77. The number of aliphatic hydroxyl groups excluding tert-OH is 1. The van der Waals surface area contributed by atoms with Crippen LogP contribution in [0.4, 0.5) is 0 Å². The van der Waals surface area contributed by atoms with Crippen LogP contribution in [0.5, 0.6) is 28.7 Å². The van der Waals surface area contributed by atoms with Gasteiger partial charge in [-0.3, -0.25) is 0 Å². The molecule has 11 nitrogen and oxygen atoms in total. The van der Waals surface area contributed by atoms with Gasteiger partial charge in [0, 0.05) is 16.5 Å². The largest absolute Gasteiger partial charge is 0.493 e. The lowest BCUT2D eigenvalue weighted by Crippen LogP contribution is -2.48. The lowest BCUT2D eigenvalue weighted by Gasteiger charge is -2.28. The maximum atomic E-state index is 13.2. The number of aliphatic hydroxyl groups is 1. The van der Waals surface area contributed by atoms with Gasteiger partial charge in [0.1, 0.15) is 18.5 Å². The number of fused-ring (bicyclic) bond motifs is 3. The van der Waals surface area contributed by atoms with Crippen molar-refractivity contribution in [2.45, 2.75) is 44.2 Å². The second kappa shape index (κ2) is 8.87. The molecular weight excluding hydrogens is 524 g/mol. The van der Waals surface area contributed by atoms with E-state index in [4.69, 9.17) is 42.6 Å². The van der Waals surface area contributed by atoms with Crippen LogP contribution in [0.25, 0.3) is 21.9 Å². The molecule has 0 bridgehead atoms. The Morgan fingerprint density at radius 1 is 0.925 bits per heavy atom. The number of carbonyl (C=O) groups excluding carboxylic acids is 1. The number of methoxy groups -OCH3 is 2. The first kappa shape index (κ1) is 25.2. The number of cyclic esters (lactones) is 1. The summed E-state index contributed by atoms with van der Waals surface area (Å²) in [6, 6.07) is 9.05. The first-order valence-electron chi connectivity index (χ1n) is 12.9. The van der Waals surface area contributed by atoms with E-state index in [9.17, 15) is 9.90 Å². The zero-order valence-corrected chi connectivity index (χ0v) is 22.4. The molecule has 1 N–H and O–H groups in total. The molecule has 3 unspecified atom stereocenters. The smallest absolute Gasteiger partial charge is 0.339 e. The molecule has 4 heterocycles. The van der Waals surface area contributed by atoms with Crippen LogP contribution < -0.4 is 23.7 Å². The Balaban J connectivity index is 1.42. The molecule has 0 aromatic heterocycles. The highest BCUT2D eigenvalue weighted by Crippen LogP contribution is 2.50. The third-order valence-electron chi connectivity index (χ3n) is 7.71. The van der Waals surface area contributed by atoms with Gasteiger partial charge in [-0.2, -0.15) is 0 Å². The summed E-state index contributed by atoms with van der Waals surface area (Å²) in [7, 11) is 3.08. The van der Waals surface area contributed by atoms with E-state index in [2.05, 4.69) is 0 Å². The van der Waals surface area contributed by atoms with Crippen molar-refractivity contribution >= 4 is 16.7 Å². The van der Waals surface area contributed by atoms with Gasteiger partial charge in [0.2, 0.25) is 13.1 Å². The monoisotopic (exact) mass is 552 g/mol. The molecule has 2 fully saturated rings. The topological polar surface area (TPSA) is 120 Å². The van der Waals surface area contributed by atoms with Gasteiger partial charge in [-0.1, -0.05) is 6.07 Å². The number of benzene rings is 3. The van der Waals surface area contributed by atoms with Gasteiger partial charge in [-0.25, -0.2) is 4.79 Å². The van der Waals surface area contributed by atoms with Crippen LogP contribution in [0.2, 0.25) is 0 Å². The van der Waals surface area contributed by atoms with E-state index < -0.39 is 29.8 Å². The summed E-state index contributed by atoms with van der Waals surface area (Å²) in [6.07, 6.45) is -2.25. The molecule has 3 aromatic carbocycles. The van der Waals surface area contributed by atoms with Gasteiger partial charge >= 0.3 is 5.97 Å². The number of carbonyl (C=O) groups is 1. The van der Waals surface area contributed by atoms with Crippen molar-refractivity contribution in [3.8, 4) is 39.9 Å². The molecular formula is C29H28O11. The Labute approximate surface area is 229 Å². The average molecular weight is 553 g/mol. The van der Waals surface area contributed by atoms with Crippen LogP contribution in [0.1, 0.15) is 29.8 Å². The third kappa shape index (κ3) is 3.69. The number of rotatable bonds is 5. The minimum Gasteiger partial charge on any atom is -0.493 e. The Kier molecular flexibility index (Phi) is 5.59. The molecule has 11 heteroatoms. The fourth-order valence-electron chi connectivity index (χ4n) is 5.82. The molecule has 4 aliphatic rings. The summed E-state index contributed by atoms with van der Waals surface area (Å²) >= 11 is 0. The molecule has 3 aromatic rings. The zero-order chi connectivity index (χ0) is 27.8. The lowest BCUT2D eigenvalue weighted by atomic mass is 9.89. The van der Waals surface area contributed by atoms with Crippen molar-refractivity contribution in [2.24, 2.45) is 0 Å². The minimum absolute atomic E-state index is 0.0219. The van der Waals surface area contributed by atoms with Gasteiger partial charge in [0.25, 0.3) is 0 Å². The molecule has 210 valence electrons. The molecule has 0 amide bonds. The molecule has 0 aliphatic carbocycles. The number of hydrogen-bond donors (Lipinski definition) is 1. The summed E-state index contributed by atoms with van der Waals surface area (Å²) in [5, 5.41) is 12.5. The molecule has 7 rings (SSSR count). The van der Waals surface area contributed by atoms with Gasteiger partial charge in [-0.15, -0.1) is 0 Å². The van der Waals surface area contributed by atoms with E-state index in [-0.39, 0.29) is 26.6 Å². The van der Waals surface area contributed by atoms with Crippen LogP contribution in [0, 0.1) is 0 Å². The molecule has 3 atom stereocenters. The Morgan fingerprint density at radius 3 is 2.40 bits per heavy atom. The van der Waals surface area contributed by atoms with Gasteiger partial charge in [-0.05, 0) is 49.1 Å². The number of esters is 1. The van der Waals surface area contributed by atoms with E-state index in [1.165, 1.54) is 14.2 Å². The van der Waals surface area contributed by atoms with E-state index in [0.29, 0.717) is 56.2 Å². The van der Waals surface area contributed by atoms with Crippen LogP contribution in [0.15, 0.2) is 30.3 Å². The SMILES string of the molecule is COc1cc2c(OC3OCC4(COC(C)(C)O4)C3O)c3c(c(-c4ccc5c(c4)OCO5)c2cc1OC)C(=O)OC3. The van der Waals surface area contributed by atoms with E-state index in [1.807, 2.05) is 12.1 Å². The van der Waals surface area contributed by atoms with Crippen molar-refractivity contribution in [1.82, 2.24) is 0 Å². The normalized spacial score (nSPS) is 25.9. The fourth-order valence-corrected chi connectivity index (χ4v) is 5.82. The van der Waals surface area contributed by atoms with Crippen molar-refractivity contribution in [3.63, 3.8) is 0 Å². The van der Waals surface area contributed by atoms with E-state index in [1.54, 1.807) is 32.0 Å². The van der Waals surface area contributed by atoms with Crippen molar-refractivity contribution in [2.75, 3.05) is 34.2 Å². The van der Waals surface area contributed by atoms with Gasteiger partial charge in [0.15, 0.2) is 34.4 Å². The number of ether oxygens (including phenoxy) is 9. The molecule has 1 spiro atoms. The minimum atomic E-state index is -1.16. The molecule has 40 heavy (non-hydrogen) atoms. The third-order valence-corrected chi connectivity index (χ3v) is 7.71. The van der Waals surface area contributed by atoms with Crippen LogP contribution in [0.3, 0.4) is 0 Å². The Bertz CT molecular complexity index is 1550. The van der Waals surface area contributed by atoms with Gasteiger partial charge < -0.3 is 47.7 Å². The highest BCUT2D eigenvalue weighted by molar-refractivity contribution is 6.14. The lowest BCUT2D eigenvalue weighted by molar-refractivity contribution is -0.179. The van der Waals surface area contributed by atoms with Crippen LogP contribution in [-0.4, -0.2) is 69.1 Å². The summed E-state index contributed by atoms with van der Waals surface area (Å²) in [6.45, 7) is 3.88. The van der Waals surface area contributed by atoms with Crippen LogP contribution >= 0.6 is 0 Å². The molecule has 4 aliphatic heterocycles. The summed E-state index contributed by atoms with van der Waals surface area (Å²) in [4.78, 5) is 13.2. The van der Waals surface area contributed by atoms with E-state index in [0.717, 1.165) is 5.56 Å². The highest BCUT2D eigenvalue weighted by atomic mass is 16.8. The second-order valence-corrected chi connectivity index (χ2v) is 10.6. The predicted molar refractivity (Wildman–Crippen MR) is 138 cm³/mol. The quantitative estimate of drug-likeness (QED) is 0.468. The summed E-state index contributed by atoms with van der Waals surface area (Å²) in [5.41, 5.74) is 1.14. The van der Waals surface area contributed by atoms with Crippen molar-refractivity contribution in [3.05, 3.63) is 41.5 Å². The zero-order valence-electron chi connectivity index (χ0n) is 22.4. The summed E-state index contributed by atoms with van der Waals surface area (Å²) in [5.74, 6) is 1.08. The Morgan fingerprint density at radius 2 is 1.68 bits per heavy atom. The standard InChI is InChI=1S/C29H28O11/c1-28(2)38-12-29(40-28)11-35-27(25(29)30)39-24-16-9-20(33-4)19(32-3)8-15(16)22(23-17(24)10-34-26(23)31)14-5-6-18-21(7-14)37-13-36-18/h5-9,25,27,30H,10-13H2,1-4H3. The maximum Gasteiger partial charge on any atom is 0.339 e. The first-order chi connectivity index (χ1) is 19.2. The first-order valence-corrected chi connectivity index (χ1v) is 12.9. The second-order valence-electron chi connectivity index (χ2n) is 10.6. The highest BCUT2D eigenvalue weighted by Gasteiger charge is 2.59. The van der Waals surface area contributed by atoms with Crippen molar-refractivity contribution in [1.29, 1.82) is 0 Å². The number of hydrogen-bond acceptors (Lipinski definition) is 11. The maximum absolute atomic E-state index is 13.2. The predicted octanol–water partition coefficient (Wildman–Crippen LogP) is 3.54. The van der Waals surface area contributed by atoms with Gasteiger partial charge in [0.05, 0.1) is 33.0 Å².